The molecule has 1 aliphatic heterocycles. The molecule has 32 heavy (non-hydrogen) atoms. The van der Waals surface area contributed by atoms with Gasteiger partial charge in [0.15, 0.2) is 0 Å². The normalized spacial score (nSPS) is 18.8. The Hall–Kier alpha value is -2.33. The number of nitrogens with zero attached hydrogens (tertiary/aromatic N) is 1. The lowest BCUT2D eigenvalue weighted by Crippen LogP contribution is -2.33. The number of nitrogens with one attached hydrogen (secondary N) is 3. The van der Waals surface area contributed by atoms with Gasteiger partial charge in [-0.1, -0.05) is 30.3 Å². The Morgan fingerprint density at radius 2 is 1.91 bits per heavy atom. The summed E-state index contributed by atoms with van der Waals surface area (Å²) in [4.78, 5) is 14.1. The highest BCUT2D eigenvalue weighted by atomic mass is 32.2. The fourth-order valence-electron chi connectivity index (χ4n) is 3.81. The maximum atomic E-state index is 14.3. The minimum absolute atomic E-state index is 0.127. The molecule has 174 valence electrons. The van der Waals surface area contributed by atoms with Crippen LogP contribution in [0, 0.1) is 5.82 Å². The number of carbonyl (C=O) groups excluding carboxylic acids is 1. The first kappa shape index (κ1) is 24.3. The molecule has 3 rings (SSSR count). The Kier molecular flexibility index (Phi) is 8.00. The molecule has 2 atom stereocenters. The smallest absolute Gasteiger partial charge is 0.256 e. The van der Waals surface area contributed by atoms with Crippen LogP contribution in [0.1, 0.15) is 55.1 Å². The predicted octanol–water partition coefficient (Wildman–Crippen LogP) is 2.97. The molecule has 0 spiro atoms. The summed E-state index contributed by atoms with van der Waals surface area (Å²) in [7, 11) is -2.22. The van der Waals surface area contributed by atoms with E-state index < -0.39 is 21.7 Å². The zero-order valence-electron chi connectivity index (χ0n) is 18.6. The van der Waals surface area contributed by atoms with Gasteiger partial charge in [-0.15, -0.1) is 0 Å². The van der Waals surface area contributed by atoms with E-state index in [0.717, 1.165) is 31.4 Å². The summed E-state index contributed by atoms with van der Waals surface area (Å²) in [6.45, 7) is 3.82. The van der Waals surface area contributed by atoms with Crippen molar-refractivity contribution in [3.05, 3.63) is 65.5 Å². The molecule has 1 aliphatic rings. The maximum absolute atomic E-state index is 14.3. The zero-order valence-corrected chi connectivity index (χ0v) is 19.5. The van der Waals surface area contributed by atoms with E-state index in [0.29, 0.717) is 6.54 Å². The number of rotatable bonds is 9. The Bertz CT molecular complexity index is 1030. The number of carbonyl (C=O) groups is 1. The standard InChI is InChI=1S/C23H31FN4O3S/c1-16(2)27-32(30,31)19-11-12-21(24)20(15-19)23(29)28(3)13-7-10-18-14-22(26-25-18)17-8-5-4-6-9-17/h4-6,8-9,11-12,15-16,18,22,25-27H,7,10,13-14H2,1-3H3. The van der Waals surface area contributed by atoms with Crippen molar-refractivity contribution in [3.63, 3.8) is 0 Å². The van der Waals surface area contributed by atoms with E-state index in [1.54, 1.807) is 20.9 Å². The van der Waals surface area contributed by atoms with Gasteiger partial charge in [0.2, 0.25) is 10.0 Å². The topological polar surface area (TPSA) is 90.5 Å². The highest BCUT2D eigenvalue weighted by molar-refractivity contribution is 7.89. The van der Waals surface area contributed by atoms with Crippen molar-refractivity contribution in [2.45, 2.75) is 56.1 Å². The number of sulfonamides is 1. The van der Waals surface area contributed by atoms with E-state index in [4.69, 9.17) is 0 Å². The third kappa shape index (κ3) is 6.13. The molecular weight excluding hydrogens is 431 g/mol. The van der Waals surface area contributed by atoms with Gasteiger partial charge in [0, 0.05) is 31.7 Å². The van der Waals surface area contributed by atoms with Crippen LogP contribution in [0.15, 0.2) is 53.4 Å². The van der Waals surface area contributed by atoms with Crippen LogP contribution in [0.3, 0.4) is 0 Å². The number of hydrogen-bond acceptors (Lipinski definition) is 5. The number of hydrazine groups is 1. The molecule has 2 aromatic carbocycles. The molecule has 0 radical (unpaired) electrons. The molecule has 1 fully saturated rings. The van der Waals surface area contributed by atoms with Crippen molar-refractivity contribution in [1.82, 2.24) is 20.5 Å². The third-order valence-electron chi connectivity index (χ3n) is 5.45. The lowest BCUT2D eigenvalue weighted by atomic mass is 10.00. The second-order valence-electron chi connectivity index (χ2n) is 8.47. The van der Waals surface area contributed by atoms with Crippen LogP contribution in [0.2, 0.25) is 0 Å². The van der Waals surface area contributed by atoms with Crippen LogP contribution < -0.4 is 15.6 Å². The van der Waals surface area contributed by atoms with Crippen molar-refractivity contribution >= 4 is 15.9 Å². The molecule has 7 nitrogen and oxygen atoms in total. The van der Waals surface area contributed by atoms with E-state index in [2.05, 4.69) is 27.7 Å². The average molecular weight is 463 g/mol. The number of halogens is 1. The van der Waals surface area contributed by atoms with Gasteiger partial charge in [0.1, 0.15) is 5.82 Å². The lowest BCUT2D eigenvalue weighted by Gasteiger charge is -2.19. The van der Waals surface area contributed by atoms with Crippen molar-refractivity contribution in [2.75, 3.05) is 13.6 Å². The Morgan fingerprint density at radius 1 is 1.19 bits per heavy atom. The molecule has 3 N–H and O–H groups in total. The second-order valence-corrected chi connectivity index (χ2v) is 10.2. The van der Waals surface area contributed by atoms with Crippen molar-refractivity contribution in [1.29, 1.82) is 0 Å². The SMILES string of the molecule is CC(C)NS(=O)(=O)c1ccc(F)c(C(=O)N(C)CCCC2CC(c3ccccc3)NN2)c1. The van der Waals surface area contributed by atoms with E-state index in [9.17, 15) is 17.6 Å². The summed E-state index contributed by atoms with van der Waals surface area (Å²) in [5.74, 6) is -1.28. The van der Waals surface area contributed by atoms with Crippen LogP contribution >= 0.6 is 0 Å². The summed E-state index contributed by atoms with van der Waals surface area (Å²) in [6, 6.07) is 13.7. The molecule has 2 unspecified atom stereocenters. The van der Waals surface area contributed by atoms with Crippen molar-refractivity contribution in [2.24, 2.45) is 0 Å². The van der Waals surface area contributed by atoms with Gasteiger partial charge in [-0.05, 0) is 56.9 Å². The zero-order chi connectivity index (χ0) is 23.3. The Balaban J connectivity index is 1.55. The van der Waals surface area contributed by atoms with Crippen LogP contribution in [0.4, 0.5) is 4.39 Å². The first-order valence-electron chi connectivity index (χ1n) is 10.8. The van der Waals surface area contributed by atoms with E-state index in [-0.39, 0.29) is 28.6 Å². The summed E-state index contributed by atoms with van der Waals surface area (Å²) in [6.07, 6.45) is 2.53. The molecule has 9 heteroatoms. The first-order chi connectivity index (χ1) is 15.2. The fourth-order valence-corrected chi connectivity index (χ4v) is 5.09. The van der Waals surface area contributed by atoms with Gasteiger partial charge >= 0.3 is 0 Å². The summed E-state index contributed by atoms with van der Waals surface area (Å²) < 4.78 is 41.5. The highest BCUT2D eigenvalue weighted by Gasteiger charge is 2.25. The van der Waals surface area contributed by atoms with Crippen LogP contribution in [-0.2, 0) is 10.0 Å². The molecule has 1 saturated heterocycles. The molecule has 2 aromatic rings. The van der Waals surface area contributed by atoms with E-state index >= 15 is 0 Å². The average Bonchev–Trinajstić information content (AvgIpc) is 3.22. The van der Waals surface area contributed by atoms with Crippen molar-refractivity contribution < 1.29 is 17.6 Å². The largest absolute Gasteiger partial charge is 0.342 e. The quantitative estimate of drug-likeness (QED) is 0.533. The number of hydrogen-bond donors (Lipinski definition) is 3. The minimum atomic E-state index is -3.82. The number of amides is 1. The third-order valence-corrected chi connectivity index (χ3v) is 7.10. The highest BCUT2D eigenvalue weighted by Crippen LogP contribution is 2.24. The van der Waals surface area contributed by atoms with Gasteiger partial charge in [-0.2, -0.15) is 0 Å². The Morgan fingerprint density at radius 3 is 2.59 bits per heavy atom. The molecular formula is C23H31FN4O3S. The van der Waals surface area contributed by atoms with Gasteiger partial charge in [-0.3, -0.25) is 15.6 Å². The molecule has 0 saturated carbocycles. The van der Waals surface area contributed by atoms with Gasteiger partial charge < -0.3 is 4.90 Å². The fraction of sp³-hybridized carbons (Fsp3) is 0.435. The monoisotopic (exact) mass is 462 g/mol. The van der Waals surface area contributed by atoms with Gasteiger partial charge in [0.05, 0.1) is 10.5 Å². The predicted molar refractivity (Wildman–Crippen MR) is 122 cm³/mol. The van der Waals surface area contributed by atoms with Crippen LogP contribution in [0.5, 0.6) is 0 Å². The molecule has 0 aliphatic carbocycles. The van der Waals surface area contributed by atoms with Gasteiger partial charge in [-0.25, -0.2) is 17.5 Å². The summed E-state index contributed by atoms with van der Waals surface area (Å²) in [5, 5.41) is 0. The van der Waals surface area contributed by atoms with Crippen LogP contribution in [0.25, 0.3) is 0 Å². The van der Waals surface area contributed by atoms with Crippen LogP contribution in [-0.4, -0.2) is 44.9 Å². The number of benzene rings is 2. The minimum Gasteiger partial charge on any atom is -0.342 e. The summed E-state index contributed by atoms with van der Waals surface area (Å²) >= 11 is 0. The van der Waals surface area contributed by atoms with E-state index in [1.807, 2.05) is 18.2 Å². The molecule has 0 bridgehead atoms. The lowest BCUT2D eigenvalue weighted by molar-refractivity contribution is 0.0786. The molecule has 1 heterocycles. The second kappa shape index (κ2) is 10.5. The van der Waals surface area contributed by atoms with Gasteiger partial charge in [0.25, 0.3) is 5.91 Å². The first-order valence-corrected chi connectivity index (χ1v) is 12.3. The molecule has 1 amide bonds. The Labute approximate surface area is 189 Å². The van der Waals surface area contributed by atoms with Crippen molar-refractivity contribution in [3.8, 4) is 0 Å². The maximum Gasteiger partial charge on any atom is 0.256 e. The van der Waals surface area contributed by atoms with E-state index in [1.165, 1.54) is 16.5 Å². The molecule has 0 aromatic heterocycles. The summed E-state index contributed by atoms with van der Waals surface area (Å²) in [5.41, 5.74) is 7.59.